The van der Waals surface area contributed by atoms with Crippen LogP contribution in [0.15, 0.2) is 70.9 Å². The van der Waals surface area contributed by atoms with E-state index < -0.39 is 17.7 Å². The first-order valence-corrected chi connectivity index (χ1v) is 11.3. The average Bonchev–Trinajstić information content (AvgIpc) is 3.45. The van der Waals surface area contributed by atoms with Crippen molar-refractivity contribution in [2.75, 3.05) is 11.5 Å². The quantitative estimate of drug-likeness (QED) is 0.199. The number of aryl methyl sites for hydroxylation is 1. The van der Waals surface area contributed by atoms with Crippen molar-refractivity contribution in [3.8, 4) is 11.5 Å². The maximum absolute atomic E-state index is 13.1. The molecule has 3 aromatic rings. The summed E-state index contributed by atoms with van der Waals surface area (Å²) in [4.78, 5) is 27.4. The summed E-state index contributed by atoms with van der Waals surface area (Å²) >= 11 is 0. The van der Waals surface area contributed by atoms with Crippen LogP contribution in [0.5, 0.6) is 11.5 Å². The van der Waals surface area contributed by atoms with Crippen molar-refractivity contribution < 1.29 is 29.0 Å². The highest BCUT2D eigenvalue weighted by Gasteiger charge is 2.49. The zero-order valence-corrected chi connectivity index (χ0v) is 19.2. The number of hydrogen-bond donors (Lipinski definition) is 2. The number of aliphatic hydroxyl groups is 1. The number of aromatic hydroxyl groups is 1. The van der Waals surface area contributed by atoms with Crippen molar-refractivity contribution >= 4 is 23.1 Å². The van der Waals surface area contributed by atoms with Gasteiger partial charge < -0.3 is 19.4 Å². The Balaban J connectivity index is 1.74. The van der Waals surface area contributed by atoms with E-state index in [0.717, 1.165) is 24.8 Å². The fourth-order valence-corrected chi connectivity index (χ4v) is 4.03. The number of hydrogen-bond acceptors (Lipinski definition) is 6. The van der Waals surface area contributed by atoms with Crippen LogP contribution in [0.4, 0.5) is 5.69 Å². The Morgan fingerprint density at radius 2 is 1.85 bits per heavy atom. The van der Waals surface area contributed by atoms with Gasteiger partial charge in [0.2, 0.25) is 0 Å². The molecule has 176 valence electrons. The zero-order chi connectivity index (χ0) is 24.2. The minimum Gasteiger partial charge on any atom is -0.507 e. The number of anilines is 1. The number of carbonyl (C=O) groups excluding carboxylic acids is 2. The van der Waals surface area contributed by atoms with Crippen molar-refractivity contribution in [1.29, 1.82) is 0 Å². The SMILES string of the molecule is CCCCCOc1ccc(/C(O)=C2/C(=O)C(=O)N(c3cc(C)ccc3O)C2c2ccco2)cc1. The van der Waals surface area contributed by atoms with Gasteiger partial charge in [-0.25, -0.2) is 0 Å². The molecular formula is C27H27NO6. The predicted molar refractivity (Wildman–Crippen MR) is 128 cm³/mol. The van der Waals surface area contributed by atoms with E-state index >= 15 is 0 Å². The number of furan rings is 1. The summed E-state index contributed by atoms with van der Waals surface area (Å²) in [5.74, 6) is -1.27. The third-order valence-corrected chi connectivity index (χ3v) is 5.79. The van der Waals surface area contributed by atoms with Crippen molar-refractivity contribution in [1.82, 2.24) is 0 Å². The summed E-state index contributed by atoms with van der Waals surface area (Å²) in [6, 6.07) is 13.7. The summed E-state index contributed by atoms with van der Waals surface area (Å²) in [7, 11) is 0. The van der Waals surface area contributed by atoms with Crippen LogP contribution < -0.4 is 9.64 Å². The van der Waals surface area contributed by atoms with E-state index in [9.17, 15) is 19.8 Å². The predicted octanol–water partition coefficient (Wildman–Crippen LogP) is 5.49. The van der Waals surface area contributed by atoms with Crippen LogP contribution in [0.1, 0.15) is 49.1 Å². The summed E-state index contributed by atoms with van der Waals surface area (Å²) < 4.78 is 11.3. The Bertz CT molecular complexity index is 1210. The molecule has 7 nitrogen and oxygen atoms in total. The molecule has 0 saturated carbocycles. The minimum atomic E-state index is -1.03. The molecule has 34 heavy (non-hydrogen) atoms. The molecule has 1 amide bonds. The zero-order valence-electron chi connectivity index (χ0n) is 19.2. The lowest BCUT2D eigenvalue weighted by Crippen LogP contribution is -2.29. The summed E-state index contributed by atoms with van der Waals surface area (Å²) in [5.41, 5.74) is 1.21. The van der Waals surface area contributed by atoms with Crippen molar-refractivity contribution in [2.45, 2.75) is 39.2 Å². The average molecular weight is 462 g/mol. The smallest absolute Gasteiger partial charge is 0.300 e. The van der Waals surface area contributed by atoms with Crippen LogP contribution >= 0.6 is 0 Å². The van der Waals surface area contributed by atoms with Gasteiger partial charge in [-0.05, 0) is 67.4 Å². The third-order valence-electron chi connectivity index (χ3n) is 5.79. The largest absolute Gasteiger partial charge is 0.507 e. The summed E-state index contributed by atoms with van der Waals surface area (Å²) in [6.45, 7) is 4.54. The molecule has 1 aromatic heterocycles. The number of Topliss-reactive ketones (excluding diaryl/α,β-unsaturated/α-hetero) is 1. The topological polar surface area (TPSA) is 100 Å². The number of rotatable bonds is 8. The molecule has 1 aliphatic rings. The van der Waals surface area contributed by atoms with Crippen LogP contribution in [0.3, 0.4) is 0 Å². The molecule has 2 N–H and O–H groups in total. The molecule has 0 bridgehead atoms. The Morgan fingerprint density at radius 3 is 2.53 bits per heavy atom. The van der Waals surface area contributed by atoms with Crippen LogP contribution in [0.25, 0.3) is 5.76 Å². The normalized spacial score (nSPS) is 17.4. The number of carbonyl (C=O) groups is 2. The number of phenolic OH excluding ortho intramolecular Hbond substituents is 1. The van der Waals surface area contributed by atoms with Crippen LogP contribution in [0, 0.1) is 6.92 Å². The van der Waals surface area contributed by atoms with E-state index in [1.807, 2.05) is 6.92 Å². The Labute approximate surface area is 197 Å². The highest BCUT2D eigenvalue weighted by Crippen LogP contribution is 2.45. The van der Waals surface area contributed by atoms with Gasteiger partial charge >= 0.3 is 0 Å². The van der Waals surface area contributed by atoms with Gasteiger partial charge in [0.1, 0.15) is 29.1 Å². The van der Waals surface area contributed by atoms with Crippen molar-refractivity contribution in [2.24, 2.45) is 0 Å². The standard InChI is InChI=1S/C27H27NO6/c1-3-4-5-14-33-19-11-9-18(10-12-19)25(30)23-24(22-7-6-15-34-22)28(27(32)26(23)31)20-16-17(2)8-13-21(20)29/h6-13,15-16,24,29-30H,3-5,14H2,1-2H3/b25-23-. The number of benzene rings is 2. The Morgan fingerprint density at radius 1 is 1.09 bits per heavy atom. The fourth-order valence-electron chi connectivity index (χ4n) is 4.03. The molecule has 1 saturated heterocycles. The molecule has 1 atom stereocenters. The second-order valence-corrected chi connectivity index (χ2v) is 8.26. The van der Waals surface area contributed by atoms with E-state index in [0.29, 0.717) is 17.9 Å². The number of nitrogens with zero attached hydrogens (tertiary/aromatic N) is 1. The molecule has 0 aliphatic carbocycles. The van der Waals surface area contributed by atoms with Gasteiger partial charge in [-0.15, -0.1) is 0 Å². The van der Waals surface area contributed by atoms with Crippen molar-refractivity contribution in [3.05, 3.63) is 83.3 Å². The van der Waals surface area contributed by atoms with Gasteiger partial charge in [0.15, 0.2) is 0 Å². The van der Waals surface area contributed by atoms with Gasteiger partial charge in [-0.2, -0.15) is 0 Å². The molecule has 0 radical (unpaired) electrons. The van der Waals surface area contributed by atoms with Gasteiger partial charge in [0.05, 0.1) is 24.1 Å². The maximum atomic E-state index is 13.1. The summed E-state index contributed by atoms with van der Waals surface area (Å²) in [6.07, 6.45) is 4.57. The lowest BCUT2D eigenvalue weighted by atomic mass is 9.99. The van der Waals surface area contributed by atoms with Crippen molar-refractivity contribution in [3.63, 3.8) is 0 Å². The number of unbranched alkanes of at least 4 members (excludes halogenated alkanes) is 2. The van der Waals surface area contributed by atoms with Gasteiger partial charge in [0.25, 0.3) is 11.7 Å². The lowest BCUT2D eigenvalue weighted by Gasteiger charge is -2.24. The minimum absolute atomic E-state index is 0.113. The Kier molecular flexibility index (Phi) is 6.72. The van der Waals surface area contributed by atoms with E-state index in [-0.39, 0.29) is 28.5 Å². The highest BCUT2D eigenvalue weighted by molar-refractivity contribution is 6.51. The molecule has 1 unspecified atom stereocenters. The number of phenols is 1. The van der Waals surface area contributed by atoms with Gasteiger partial charge in [0, 0.05) is 5.56 Å². The Hall–Kier alpha value is -4.00. The van der Waals surface area contributed by atoms with E-state index in [2.05, 4.69) is 6.92 Å². The molecule has 1 aliphatic heterocycles. The maximum Gasteiger partial charge on any atom is 0.300 e. The highest BCUT2D eigenvalue weighted by atomic mass is 16.5. The first-order chi connectivity index (χ1) is 16.4. The van der Waals surface area contributed by atoms with E-state index in [4.69, 9.17) is 9.15 Å². The number of ether oxygens (including phenoxy) is 1. The number of ketones is 1. The fraction of sp³-hybridized carbons (Fsp3) is 0.259. The molecule has 0 spiro atoms. The van der Waals surface area contributed by atoms with Gasteiger partial charge in [-0.3, -0.25) is 14.5 Å². The first kappa shape index (κ1) is 23.2. The molecule has 1 fully saturated rings. The lowest BCUT2D eigenvalue weighted by molar-refractivity contribution is -0.132. The number of aliphatic hydroxyl groups excluding tert-OH is 1. The van der Waals surface area contributed by atoms with Crippen LogP contribution in [-0.2, 0) is 9.59 Å². The molecule has 4 rings (SSSR count). The van der Waals surface area contributed by atoms with Crippen LogP contribution in [0.2, 0.25) is 0 Å². The van der Waals surface area contributed by atoms with Crippen LogP contribution in [-0.4, -0.2) is 28.5 Å². The van der Waals surface area contributed by atoms with Gasteiger partial charge in [-0.1, -0.05) is 25.8 Å². The molecular weight excluding hydrogens is 434 g/mol. The van der Waals surface area contributed by atoms with E-state index in [1.54, 1.807) is 48.5 Å². The molecule has 2 aromatic carbocycles. The second kappa shape index (κ2) is 9.87. The summed E-state index contributed by atoms with van der Waals surface area (Å²) in [5, 5.41) is 21.6. The second-order valence-electron chi connectivity index (χ2n) is 8.26. The first-order valence-electron chi connectivity index (χ1n) is 11.3. The molecule has 7 heteroatoms. The molecule has 2 heterocycles. The monoisotopic (exact) mass is 461 g/mol. The third kappa shape index (κ3) is 4.41. The van der Waals surface area contributed by atoms with E-state index in [1.165, 1.54) is 17.2 Å². The number of amides is 1.